The van der Waals surface area contributed by atoms with Gasteiger partial charge in [0.2, 0.25) is 5.82 Å². The quantitative estimate of drug-likeness (QED) is 0.493. The van der Waals surface area contributed by atoms with Gasteiger partial charge in [0.15, 0.2) is 34.7 Å². The Kier molecular flexibility index (Phi) is 4.27. The van der Waals surface area contributed by atoms with Gasteiger partial charge in [0, 0.05) is 0 Å². The molecule has 2 atom stereocenters. The zero-order valence-electron chi connectivity index (χ0n) is 13.5. The van der Waals surface area contributed by atoms with Crippen LogP contribution in [0.15, 0.2) is 0 Å². The molecular weight excluding hydrogens is 349 g/mol. The summed E-state index contributed by atoms with van der Waals surface area (Å²) in [6.07, 6.45) is 1.39. The third-order valence-electron chi connectivity index (χ3n) is 4.47. The highest BCUT2D eigenvalue weighted by atomic mass is 19.2. The van der Waals surface area contributed by atoms with Crippen molar-refractivity contribution in [1.29, 1.82) is 0 Å². The zero-order valence-corrected chi connectivity index (χ0v) is 13.5. The minimum Gasteiger partial charge on any atom is -0.344 e. The number of hydrogen-bond acceptors (Lipinski definition) is 3. The molecule has 1 amide bonds. The lowest BCUT2D eigenvalue weighted by molar-refractivity contribution is -0.171. The summed E-state index contributed by atoms with van der Waals surface area (Å²) in [5.41, 5.74) is -2.93. The van der Waals surface area contributed by atoms with E-state index in [-0.39, 0.29) is 6.42 Å². The van der Waals surface area contributed by atoms with Gasteiger partial charge in [-0.25, -0.2) is 22.0 Å². The summed E-state index contributed by atoms with van der Waals surface area (Å²) < 4.78 is 78.7. The molecule has 1 saturated carbocycles. The Morgan fingerprint density at radius 2 is 1.56 bits per heavy atom. The molecule has 0 unspecified atom stereocenters. The van der Waals surface area contributed by atoms with Crippen LogP contribution >= 0.6 is 0 Å². The topological polar surface area (TPSA) is 47.6 Å². The second kappa shape index (κ2) is 5.91. The number of carbonyl (C=O) groups excluding carboxylic acids is 1. The molecule has 1 heterocycles. The van der Waals surface area contributed by atoms with Crippen molar-refractivity contribution >= 4 is 11.6 Å². The van der Waals surface area contributed by atoms with Crippen molar-refractivity contribution in [3.63, 3.8) is 0 Å². The number of anilines is 1. The van der Waals surface area contributed by atoms with Crippen LogP contribution in [0.3, 0.4) is 0 Å². The van der Waals surface area contributed by atoms with Crippen molar-refractivity contribution in [3.05, 3.63) is 29.1 Å². The molecule has 0 bridgehead atoms. The van der Waals surface area contributed by atoms with Gasteiger partial charge in [-0.2, -0.15) is 0 Å². The number of rotatable bonds is 2. The molecule has 25 heavy (non-hydrogen) atoms. The standard InChI is InChI=1S/C16H16F5NO3/c1-15(2)24-7-5-3-4-6-16(7,25-15)14(23)22-13-11(20)9(18)8(17)10(19)12(13)21/h7H,3-6H2,1-2H3,(H,22,23)/t7-,16+/m1/s1. The highest BCUT2D eigenvalue weighted by Gasteiger charge is 2.59. The van der Waals surface area contributed by atoms with Crippen molar-refractivity contribution in [3.8, 4) is 0 Å². The molecule has 4 nitrogen and oxygen atoms in total. The van der Waals surface area contributed by atoms with E-state index < -0.39 is 58.2 Å². The van der Waals surface area contributed by atoms with Crippen molar-refractivity contribution in [2.75, 3.05) is 5.32 Å². The maximum absolute atomic E-state index is 13.8. The molecule has 2 aliphatic rings. The molecule has 1 N–H and O–H groups in total. The van der Waals surface area contributed by atoms with E-state index in [9.17, 15) is 26.7 Å². The second-order valence-electron chi connectivity index (χ2n) is 6.64. The average Bonchev–Trinajstić information content (AvgIpc) is 2.86. The molecule has 0 aromatic heterocycles. The van der Waals surface area contributed by atoms with E-state index in [0.717, 1.165) is 6.42 Å². The van der Waals surface area contributed by atoms with E-state index in [1.807, 2.05) is 5.32 Å². The first kappa shape index (κ1) is 18.1. The number of hydrogen-bond donors (Lipinski definition) is 1. The van der Waals surface area contributed by atoms with Crippen LogP contribution in [-0.2, 0) is 14.3 Å². The lowest BCUT2D eigenvalue weighted by Gasteiger charge is -2.35. The van der Waals surface area contributed by atoms with E-state index in [0.29, 0.717) is 12.8 Å². The van der Waals surface area contributed by atoms with Gasteiger partial charge in [0.1, 0.15) is 5.69 Å². The molecular formula is C16H16F5NO3. The molecule has 138 valence electrons. The highest BCUT2D eigenvalue weighted by Crippen LogP contribution is 2.45. The number of ether oxygens (including phenoxy) is 2. The van der Waals surface area contributed by atoms with Crippen LogP contribution in [0.5, 0.6) is 0 Å². The zero-order chi connectivity index (χ0) is 18.6. The van der Waals surface area contributed by atoms with Crippen LogP contribution in [0.25, 0.3) is 0 Å². The summed E-state index contributed by atoms with van der Waals surface area (Å²) in [7, 11) is 0. The van der Waals surface area contributed by atoms with E-state index >= 15 is 0 Å². The van der Waals surface area contributed by atoms with Crippen LogP contribution in [0.1, 0.15) is 39.5 Å². The fourth-order valence-electron chi connectivity index (χ4n) is 3.43. The highest BCUT2D eigenvalue weighted by molar-refractivity contribution is 5.98. The largest absolute Gasteiger partial charge is 0.344 e. The first-order valence-electron chi connectivity index (χ1n) is 7.80. The van der Waals surface area contributed by atoms with Gasteiger partial charge >= 0.3 is 0 Å². The van der Waals surface area contributed by atoms with E-state index in [2.05, 4.69) is 0 Å². The minimum atomic E-state index is -2.29. The first-order valence-corrected chi connectivity index (χ1v) is 7.80. The monoisotopic (exact) mass is 365 g/mol. The Bertz CT molecular complexity index is 710. The molecule has 1 aromatic rings. The Hall–Kier alpha value is -1.74. The summed E-state index contributed by atoms with van der Waals surface area (Å²) in [5, 5.41) is 1.82. The van der Waals surface area contributed by atoms with E-state index in [1.54, 1.807) is 13.8 Å². The molecule has 2 fully saturated rings. The van der Waals surface area contributed by atoms with Crippen LogP contribution in [0.2, 0.25) is 0 Å². The molecule has 3 rings (SSSR count). The fraction of sp³-hybridized carbons (Fsp3) is 0.562. The Morgan fingerprint density at radius 1 is 1.00 bits per heavy atom. The maximum atomic E-state index is 13.8. The third kappa shape index (κ3) is 2.79. The van der Waals surface area contributed by atoms with Gasteiger partial charge in [0.25, 0.3) is 5.91 Å². The van der Waals surface area contributed by atoms with Gasteiger partial charge in [-0.1, -0.05) is 6.42 Å². The second-order valence-corrected chi connectivity index (χ2v) is 6.64. The summed E-state index contributed by atoms with van der Waals surface area (Å²) in [4.78, 5) is 12.7. The van der Waals surface area contributed by atoms with Crippen molar-refractivity contribution in [2.24, 2.45) is 0 Å². The minimum absolute atomic E-state index is 0.211. The molecule has 0 radical (unpaired) electrons. The Morgan fingerprint density at radius 3 is 2.16 bits per heavy atom. The lowest BCUT2D eigenvalue weighted by atomic mass is 9.81. The first-order chi connectivity index (χ1) is 11.6. The smallest absolute Gasteiger partial charge is 0.259 e. The van der Waals surface area contributed by atoms with Crippen LogP contribution in [-0.4, -0.2) is 23.4 Å². The van der Waals surface area contributed by atoms with Gasteiger partial charge in [0.05, 0.1) is 6.10 Å². The maximum Gasteiger partial charge on any atom is 0.259 e. The Labute approximate surface area is 140 Å². The van der Waals surface area contributed by atoms with Gasteiger partial charge < -0.3 is 14.8 Å². The number of nitrogens with one attached hydrogen (secondary N) is 1. The number of benzene rings is 1. The molecule has 0 spiro atoms. The van der Waals surface area contributed by atoms with Gasteiger partial charge in [-0.15, -0.1) is 0 Å². The number of carbonyl (C=O) groups is 1. The normalized spacial score (nSPS) is 27.9. The Balaban J connectivity index is 1.98. The molecule has 1 aromatic carbocycles. The van der Waals surface area contributed by atoms with Gasteiger partial charge in [-0.05, 0) is 33.1 Å². The third-order valence-corrected chi connectivity index (χ3v) is 4.47. The van der Waals surface area contributed by atoms with Crippen LogP contribution in [0, 0.1) is 29.1 Å². The fourth-order valence-corrected chi connectivity index (χ4v) is 3.43. The van der Waals surface area contributed by atoms with E-state index in [1.165, 1.54) is 0 Å². The predicted molar refractivity (Wildman–Crippen MR) is 76.1 cm³/mol. The molecule has 9 heteroatoms. The molecule has 1 aliphatic carbocycles. The molecule has 1 aliphatic heterocycles. The van der Waals surface area contributed by atoms with Crippen molar-refractivity contribution in [1.82, 2.24) is 0 Å². The number of amides is 1. The van der Waals surface area contributed by atoms with Crippen LogP contribution < -0.4 is 5.32 Å². The van der Waals surface area contributed by atoms with E-state index in [4.69, 9.17) is 9.47 Å². The summed E-state index contributed by atoms with van der Waals surface area (Å²) >= 11 is 0. The average molecular weight is 365 g/mol. The number of halogens is 5. The van der Waals surface area contributed by atoms with Crippen LogP contribution in [0.4, 0.5) is 27.6 Å². The van der Waals surface area contributed by atoms with Crippen molar-refractivity contribution < 1.29 is 36.2 Å². The summed E-state index contributed by atoms with van der Waals surface area (Å²) in [6, 6.07) is 0. The lowest BCUT2D eigenvalue weighted by Crippen LogP contribution is -2.53. The summed E-state index contributed by atoms with van der Waals surface area (Å²) in [6.45, 7) is 3.16. The SMILES string of the molecule is CC1(C)O[C@@H]2CCCC[C@]2(C(=O)Nc2c(F)c(F)c(F)c(F)c2F)O1. The number of fused-ring (bicyclic) bond motifs is 1. The van der Waals surface area contributed by atoms with Gasteiger partial charge in [-0.3, -0.25) is 4.79 Å². The molecule has 1 saturated heterocycles. The van der Waals surface area contributed by atoms with Crippen molar-refractivity contribution in [2.45, 2.75) is 57.0 Å². The summed E-state index contributed by atoms with van der Waals surface area (Å²) in [5.74, 6) is -12.9. The predicted octanol–water partition coefficient (Wildman–Crippen LogP) is 3.78.